The van der Waals surface area contributed by atoms with Gasteiger partial charge in [-0.15, -0.1) is 0 Å². The summed E-state index contributed by atoms with van der Waals surface area (Å²) in [5.41, 5.74) is -0.621. The Bertz CT molecular complexity index is 378. The number of rotatable bonds is 6. The molecule has 0 saturated carbocycles. The molecule has 0 aliphatic rings. The summed E-state index contributed by atoms with van der Waals surface area (Å²) in [7, 11) is 0. The van der Waals surface area contributed by atoms with Crippen molar-refractivity contribution in [2.75, 3.05) is 13.2 Å². The van der Waals surface area contributed by atoms with Crippen LogP contribution in [0.5, 0.6) is 0 Å². The lowest BCUT2D eigenvalue weighted by atomic mass is 10.1. The number of carboxylic acid groups (broad SMARTS) is 2. The molecule has 0 bridgehead atoms. The van der Waals surface area contributed by atoms with Gasteiger partial charge >= 0.3 is 17.9 Å². The Hall–Kier alpha value is -2.15. The molecular formula is C10H12O7. The highest BCUT2D eigenvalue weighted by Crippen LogP contribution is 2.05. The van der Waals surface area contributed by atoms with Crippen molar-refractivity contribution in [3.05, 3.63) is 23.3 Å². The predicted molar refractivity (Wildman–Crippen MR) is 55.2 cm³/mol. The summed E-state index contributed by atoms with van der Waals surface area (Å²) in [5.74, 6) is -3.73. The number of ether oxygens (including phenoxy) is 1. The van der Waals surface area contributed by atoms with Crippen LogP contribution in [0.25, 0.3) is 0 Å². The van der Waals surface area contributed by atoms with Crippen LogP contribution in [0.4, 0.5) is 0 Å². The summed E-state index contributed by atoms with van der Waals surface area (Å²) in [6, 6.07) is 0. The topological polar surface area (TPSA) is 121 Å². The molecule has 0 atom stereocenters. The summed E-state index contributed by atoms with van der Waals surface area (Å²) < 4.78 is 4.51. The van der Waals surface area contributed by atoms with E-state index in [1.165, 1.54) is 6.92 Å². The van der Waals surface area contributed by atoms with Crippen LogP contribution in [0.1, 0.15) is 6.92 Å². The van der Waals surface area contributed by atoms with Crippen LogP contribution < -0.4 is 0 Å². The Morgan fingerprint density at radius 3 is 2.18 bits per heavy atom. The Morgan fingerprint density at radius 2 is 1.76 bits per heavy atom. The summed E-state index contributed by atoms with van der Waals surface area (Å²) >= 11 is 0. The van der Waals surface area contributed by atoms with Gasteiger partial charge in [-0.05, 0) is 13.0 Å². The molecule has 0 unspecified atom stereocenters. The molecule has 0 aliphatic heterocycles. The molecule has 0 aromatic heterocycles. The maximum absolute atomic E-state index is 11.2. The van der Waals surface area contributed by atoms with E-state index in [1.807, 2.05) is 0 Å². The Kier molecular flexibility index (Phi) is 6.27. The summed E-state index contributed by atoms with van der Waals surface area (Å²) in [6.07, 6.45) is 1.35. The van der Waals surface area contributed by atoms with E-state index in [1.54, 1.807) is 0 Å². The zero-order chi connectivity index (χ0) is 13.4. The van der Waals surface area contributed by atoms with Gasteiger partial charge < -0.3 is 20.1 Å². The van der Waals surface area contributed by atoms with Gasteiger partial charge in [-0.1, -0.05) is 0 Å². The first kappa shape index (κ1) is 14.8. The molecule has 0 saturated heterocycles. The van der Waals surface area contributed by atoms with Crippen LogP contribution in [0.15, 0.2) is 23.3 Å². The van der Waals surface area contributed by atoms with Crippen LogP contribution in [0.3, 0.4) is 0 Å². The van der Waals surface area contributed by atoms with E-state index in [9.17, 15) is 14.4 Å². The van der Waals surface area contributed by atoms with Gasteiger partial charge in [0.05, 0.1) is 12.2 Å². The molecule has 17 heavy (non-hydrogen) atoms. The molecule has 7 heteroatoms. The van der Waals surface area contributed by atoms with E-state index in [0.29, 0.717) is 6.08 Å². The lowest BCUT2D eigenvalue weighted by molar-refractivity contribution is -0.140. The highest BCUT2D eigenvalue weighted by atomic mass is 16.5. The average molecular weight is 244 g/mol. The SMILES string of the molecule is CC(=CC(=CC(=O)O)C(=O)O)C(=O)OCCO. The molecule has 0 amide bonds. The number of hydrogen-bond acceptors (Lipinski definition) is 5. The van der Waals surface area contributed by atoms with Crippen LogP contribution in [-0.4, -0.2) is 46.4 Å². The van der Waals surface area contributed by atoms with E-state index in [4.69, 9.17) is 15.3 Å². The quantitative estimate of drug-likeness (QED) is 0.329. The molecule has 0 rings (SSSR count). The van der Waals surface area contributed by atoms with Gasteiger partial charge in [0, 0.05) is 11.6 Å². The molecule has 3 N–H and O–H groups in total. The minimum absolute atomic E-state index is 0.0756. The highest BCUT2D eigenvalue weighted by molar-refractivity contribution is 5.99. The van der Waals surface area contributed by atoms with Crippen LogP contribution in [-0.2, 0) is 19.1 Å². The summed E-state index contributed by atoms with van der Waals surface area (Å²) in [4.78, 5) is 32.1. The predicted octanol–water partition coefficient (Wildman–Crippen LogP) is -0.436. The third-order valence-corrected chi connectivity index (χ3v) is 1.54. The molecule has 0 heterocycles. The van der Waals surface area contributed by atoms with Gasteiger partial charge in [0.15, 0.2) is 0 Å². The first-order chi connectivity index (χ1) is 7.88. The lowest BCUT2D eigenvalue weighted by Gasteiger charge is -2.02. The number of aliphatic hydroxyl groups is 1. The van der Waals surface area contributed by atoms with Crippen molar-refractivity contribution in [1.82, 2.24) is 0 Å². The number of carbonyl (C=O) groups is 3. The number of carbonyl (C=O) groups excluding carboxylic acids is 1. The van der Waals surface area contributed by atoms with E-state index in [-0.39, 0.29) is 18.8 Å². The van der Waals surface area contributed by atoms with Crippen molar-refractivity contribution in [2.45, 2.75) is 6.92 Å². The van der Waals surface area contributed by atoms with E-state index in [0.717, 1.165) is 6.08 Å². The van der Waals surface area contributed by atoms with Crippen molar-refractivity contribution in [1.29, 1.82) is 0 Å². The molecular weight excluding hydrogens is 232 g/mol. The van der Waals surface area contributed by atoms with Gasteiger partial charge in [0.2, 0.25) is 0 Å². The molecule has 94 valence electrons. The van der Waals surface area contributed by atoms with Crippen LogP contribution in [0, 0.1) is 0 Å². The number of aliphatic carboxylic acids is 2. The maximum Gasteiger partial charge on any atom is 0.335 e. The molecule has 0 spiro atoms. The van der Waals surface area contributed by atoms with Gasteiger partial charge in [-0.3, -0.25) is 0 Å². The van der Waals surface area contributed by atoms with Crippen LogP contribution in [0.2, 0.25) is 0 Å². The molecule has 0 radical (unpaired) electrons. The normalized spacial score (nSPS) is 12.1. The molecule has 0 fully saturated rings. The molecule has 0 aliphatic carbocycles. The van der Waals surface area contributed by atoms with Crippen molar-refractivity contribution in [2.24, 2.45) is 0 Å². The summed E-state index contributed by atoms with van der Waals surface area (Å²) in [6.45, 7) is 0.711. The molecule has 0 aromatic carbocycles. The third-order valence-electron chi connectivity index (χ3n) is 1.54. The largest absolute Gasteiger partial charge is 0.478 e. The number of esters is 1. The van der Waals surface area contributed by atoms with Gasteiger partial charge in [-0.25, -0.2) is 14.4 Å². The van der Waals surface area contributed by atoms with Crippen molar-refractivity contribution in [3.8, 4) is 0 Å². The first-order valence-electron chi connectivity index (χ1n) is 4.52. The van der Waals surface area contributed by atoms with Gasteiger partial charge in [0.1, 0.15) is 6.61 Å². The Morgan fingerprint density at radius 1 is 1.18 bits per heavy atom. The Balaban J connectivity index is 4.89. The minimum Gasteiger partial charge on any atom is -0.478 e. The van der Waals surface area contributed by atoms with Crippen molar-refractivity contribution < 1.29 is 34.4 Å². The Labute approximate surface area is 96.6 Å². The average Bonchev–Trinajstić information content (AvgIpc) is 2.23. The monoisotopic (exact) mass is 244 g/mol. The number of aliphatic hydroxyl groups excluding tert-OH is 1. The zero-order valence-corrected chi connectivity index (χ0v) is 9.04. The number of hydrogen-bond donors (Lipinski definition) is 3. The second-order valence-electron chi connectivity index (χ2n) is 2.93. The lowest BCUT2D eigenvalue weighted by Crippen LogP contribution is -2.11. The van der Waals surface area contributed by atoms with Gasteiger partial charge in [0.25, 0.3) is 0 Å². The second-order valence-corrected chi connectivity index (χ2v) is 2.93. The molecule has 0 aromatic rings. The second kappa shape index (κ2) is 7.18. The van der Waals surface area contributed by atoms with E-state index < -0.39 is 23.5 Å². The molecule has 7 nitrogen and oxygen atoms in total. The third kappa shape index (κ3) is 6.10. The smallest absolute Gasteiger partial charge is 0.335 e. The van der Waals surface area contributed by atoms with E-state index >= 15 is 0 Å². The van der Waals surface area contributed by atoms with Crippen LogP contribution >= 0.6 is 0 Å². The highest BCUT2D eigenvalue weighted by Gasteiger charge is 2.11. The minimum atomic E-state index is -1.47. The maximum atomic E-state index is 11.2. The fourth-order valence-corrected chi connectivity index (χ4v) is 0.843. The fourth-order valence-electron chi connectivity index (χ4n) is 0.843. The van der Waals surface area contributed by atoms with Gasteiger partial charge in [-0.2, -0.15) is 0 Å². The zero-order valence-electron chi connectivity index (χ0n) is 9.04. The first-order valence-corrected chi connectivity index (χ1v) is 4.52. The summed E-state index contributed by atoms with van der Waals surface area (Å²) in [5, 5.41) is 25.5. The van der Waals surface area contributed by atoms with Crippen molar-refractivity contribution >= 4 is 17.9 Å². The number of carboxylic acids is 2. The van der Waals surface area contributed by atoms with Crippen molar-refractivity contribution in [3.63, 3.8) is 0 Å². The fraction of sp³-hybridized carbons (Fsp3) is 0.300. The standard InChI is InChI=1S/C10H12O7/c1-6(10(16)17-3-2-11)4-7(9(14)15)5-8(12)13/h4-5,11H,2-3H2,1H3,(H,12,13)(H,14,15). The van der Waals surface area contributed by atoms with E-state index in [2.05, 4.69) is 4.74 Å².